The Labute approximate surface area is 123 Å². The van der Waals surface area contributed by atoms with Crippen molar-refractivity contribution in [2.24, 2.45) is 0 Å². The molecule has 1 aliphatic heterocycles. The minimum absolute atomic E-state index is 0.612. The van der Waals surface area contributed by atoms with Crippen molar-refractivity contribution < 1.29 is 17.5 Å². The second-order valence-electron chi connectivity index (χ2n) is 5.18. The van der Waals surface area contributed by atoms with Crippen LogP contribution in [0.2, 0.25) is 0 Å². The van der Waals surface area contributed by atoms with E-state index in [1.165, 1.54) is 23.9 Å². The van der Waals surface area contributed by atoms with Crippen LogP contribution in [0.5, 0.6) is 0 Å². The Hall–Kier alpha value is -1.48. The third-order valence-electron chi connectivity index (χ3n) is 3.52. The summed E-state index contributed by atoms with van der Waals surface area (Å²) >= 11 is 0. The Morgan fingerprint density at radius 2 is 1.95 bits per heavy atom. The molecule has 0 aliphatic carbocycles. The van der Waals surface area contributed by atoms with Crippen LogP contribution in [0.4, 0.5) is 0 Å². The van der Waals surface area contributed by atoms with Crippen LogP contribution in [-0.4, -0.2) is 40.3 Å². The highest BCUT2D eigenvalue weighted by atomic mass is 32.3. The van der Waals surface area contributed by atoms with E-state index in [9.17, 15) is 0 Å². The Bertz CT molecular complexity index is 690. The molecular weight excluding hydrogens is 294 g/mol. The molecule has 0 radical (unpaired) electrons. The van der Waals surface area contributed by atoms with Crippen molar-refractivity contribution in [2.45, 2.75) is 31.7 Å². The van der Waals surface area contributed by atoms with Crippen LogP contribution in [-0.2, 0) is 10.4 Å². The van der Waals surface area contributed by atoms with Crippen LogP contribution in [0.15, 0.2) is 24.3 Å². The Morgan fingerprint density at radius 1 is 1.29 bits per heavy atom. The van der Waals surface area contributed by atoms with Crippen molar-refractivity contribution >= 4 is 21.3 Å². The second-order valence-corrected chi connectivity index (χ2v) is 6.07. The van der Waals surface area contributed by atoms with Gasteiger partial charge in [-0.2, -0.15) is 13.5 Å². The summed E-state index contributed by atoms with van der Waals surface area (Å²) in [5, 5.41) is 12.4. The molecule has 116 valence electrons. The number of para-hydroxylation sites is 1. The van der Waals surface area contributed by atoms with E-state index in [0.29, 0.717) is 12.0 Å². The zero-order valence-electron chi connectivity index (χ0n) is 11.7. The van der Waals surface area contributed by atoms with Crippen molar-refractivity contribution in [3.63, 3.8) is 0 Å². The molecule has 8 heteroatoms. The number of hydrogen-bond acceptors (Lipinski definition) is 4. The second kappa shape index (κ2) is 6.52. The van der Waals surface area contributed by atoms with E-state index in [0.717, 1.165) is 12.1 Å². The fourth-order valence-corrected chi connectivity index (χ4v) is 2.68. The number of aromatic amines is 1. The molecule has 0 amide bonds. The van der Waals surface area contributed by atoms with Gasteiger partial charge in [-0.1, -0.05) is 18.2 Å². The van der Waals surface area contributed by atoms with Gasteiger partial charge in [-0.05, 0) is 32.4 Å². The Kier molecular flexibility index (Phi) is 4.94. The summed E-state index contributed by atoms with van der Waals surface area (Å²) in [5.41, 5.74) is 2.41. The van der Waals surface area contributed by atoms with Crippen LogP contribution in [0, 0.1) is 0 Å². The van der Waals surface area contributed by atoms with Crippen molar-refractivity contribution in [3.05, 3.63) is 30.0 Å². The summed E-state index contributed by atoms with van der Waals surface area (Å²) in [5.74, 6) is 0.628. The number of rotatable bonds is 1. The first-order valence-electron chi connectivity index (χ1n) is 6.71. The van der Waals surface area contributed by atoms with Crippen LogP contribution in [0.25, 0.3) is 10.9 Å². The van der Waals surface area contributed by atoms with Gasteiger partial charge in [0.1, 0.15) is 0 Å². The lowest BCUT2D eigenvalue weighted by molar-refractivity contribution is 0.377. The van der Waals surface area contributed by atoms with Gasteiger partial charge >= 0.3 is 10.4 Å². The minimum atomic E-state index is -4.67. The van der Waals surface area contributed by atoms with Crippen LogP contribution < -0.4 is 5.32 Å². The molecule has 1 aromatic heterocycles. The number of aromatic nitrogens is 2. The summed E-state index contributed by atoms with van der Waals surface area (Å²) in [4.78, 5) is 0. The predicted octanol–water partition coefficient (Wildman–Crippen LogP) is 1.77. The summed E-state index contributed by atoms with van der Waals surface area (Å²) < 4.78 is 31.6. The number of piperidine rings is 1. The highest BCUT2D eigenvalue weighted by molar-refractivity contribution is 7.79. The van der Waals surface area contributed by atoms with Gasteiger partial charge in [0, 0.05) is 23.0 Å². The lowest BCUT2D eigenvalue weighted by Crippen LogP contribution is -2.35. The van der Waals surface area contributed by atoms with Crippen LogP contribution in [0.1, 0.15) is 31.4 Å². The molecular formula is C13H19N3O4S. The average Bonchev–Trinajstić information content (AvgIpc) is 2.80. The van der Waals surface area contributed by atoms with Gasteiger partial charge in [-0.15, -0.1) is 0 Å². The van der Waals surface area contributed by atoms with Gasteiger partial charge in [0.25, 0.3) is 0 Å². The molecule has 3 rings (SSSR count). The number of benzene rings is 1. The number of hydrogen-bond donors (Lipinski definition) is 4. The molecule has 1 fully saturated rings. The van der Waals surface area contributed by atoms with Gasteiger partial charge in [-0.3, -0.25) is 14.2 Å². The van der Waals surface area contributed by atoms with E-state index in [2.05, 4.69) is 40.6 Å². The molecule has 0 spiro atoms. The maximum absolute atomic E-state index is 8.74. The van der Waals surface area contributed by atoms with Crippen LogP contribution in [0.3, 0.4) is 0 Å². The van der Waals surface area contributed by atoms with Gasteiger partial charge in [0.05, 0.1) is 5.52 Å². The molecule has 4 N–H and O–H groups in total. The molecule has 21 heavy (non-hydrogen) atoms. The average molecular weight is 313 g/mol. The first-order valence-corrected chi connectivity index (χ1v) is 8.10. The molecule has 2 unspecified atom stereocenters. The summed E-state index contributed by atoms with van der Waals surface area (Å²) in [7, 11) is -4.67. The standard InChI is InChI=1S/C13H17N3.H2O4S/c1-9-8-10(6-7-14-9)13-11-4-2-3-5-12(11)15-16-13;1-5(2,3)4/h2-5,9-10,14H,6-8H2,1H3,(H,15,16);(H2,1,2,3,4). The highest BCUT2D eigenvalue weighted by Gasteiger charge is 2.22. The van der Waals surface area contributed by atoms with E-state index in [1.807, 2.05) is 6.07 Å². The smallest absolute Gasteiger partial charge is 0.314 e. The van der Waals surface area contributed by atoms with E-state index >= 15 is 0 Å². The minimum Gasteiger partial charge on any atom is -0.314 e. The molecule has 1 aromatic carbocycles. The van der Waals surface area contributed by atoms with E-state index in [4.69, 9.17) is 17.5 Å². The highest BCUT2D eigenvalue weighted by Crippen LogP contribution is 2.30. The molecule has 7 nitrogen and oxygen atoms in total. The van der Waals surface area contributed by atoms with Crippen molar-refractivity contribution in [2.75, 3.05) is 6.54 Å². The quantitative estimate of drug-likeness (QED) is 0.596. The van der Waals surface area contributed by atoms with Gasteiger partial charge in [-0.25, -0.2) is 0 Å². The normalized spacial score (nSPS) is 22.6. The van der Waals surface area contributed by atoms with Gasteiger partial charge < -0.3 is 5.32 Å². The van der Waals surface area contributed by atoms with E-state index in [-0.39, 0.29) is 0 Å². The number of nitrogens with one attached hydrogen (secondary N) is 2. The SMILES string of the molecule is CC1CC(c2[nH]nc3ccccc23)CCN1.O=S(=O)(O)O. The first-order chi connectivity index (χ1) is 9.84. The molecule has 0 bridgehead atoms. The predicted molar refractivity (Wildman–Crippen MR) is 79.7 cm³/mol. The van der Waals surface area contributed by atoms with Gasteiger partial charge in [0.15, 0.2) is 0 Å². The third kappa shape index (κ3) is 4.78. The lowest BCUT2D eigenvalue weighted by atomic mass is 9.89. The lowest BCUT2D eigenvalue weighted by Gasteiger charge is -2.27. The summed E-state index contributed by atoms with van der Waals surface area (Å²) in [6, 6.07) is 8.98. The molecule has 2 atom stereocenters. The van der Waals surface area contributed by atoms with Crippen molar-refractivity contribution in [1.29, 1.82) is 0 Å². The number of nitrogens with zero attached hydrogens (tertiary/aromatic N) is 1. The zero-order chi connectivity index (χ0) is 15.5. The third-order valence-corrected chi connectivity index (χ3v) is 3.52. The van der Waals surface area contributed by atoms with Crippen LogP contribution >= 0.6 is 0 Å². The van der Waals surface area contributed by atoms with Gasteiger partial charge in [0.2, 0.25) is 0 Å². The number of fused-ring (bicyclic) bond motifs is 1. The largest absolute Gasteiger partial charge is 0.394 e. The first kappa shape index (κ1) is 15.9. The fraction of sp³-hybridized carbons (Fsp3) is 0.462. The summed E-state index contributed by atoms with van der Waals surface area (Å²) in [6.07, 6.45) is 2.41. The van der Waals surface area contributed by atoms with E-state index in [1.54, 1.807) is 0 Å². The molecule has 2 aromatic rings. The molecule has 1 aliphatic rings. The monoisotopic (exact) mass is 313 g/mol. The van der Waals surface area contributed by atoms with Crippen molar-refractivity contribution in [3.8, 4) is 0 Å². The molecule has 0 saturated carbocycles. The zero-order valence-corrected chi connectivity index (χ0v) is 12.5. The summed E-state index contributed by atoms with van der Waals surface area (Å²) in [6.45, 7) is 3.36. The fourth-order valence-electron chi connectivity index (χ4n) is 2.68. The van der Waals surface area contributed by atoms with Crippen molar-refractivity contribution in [1.82, 2.24) is 15.5 Å². The van der Waals surface area contributed by atoms with E-state index < -0.39 is 10.4 Å². The Balaban J connectivity index is 0.000000282. The molecule has 2 heterocycles. The molecule has 1 saturated heterocycles. The maximum Gasteiger partial charge on any atom is 0.394 e. The Morgan fingerprint density at radius 3 is 2.62 bits per heavy atom. The number of H-pyrrole nitrogens is 1. The topological polar surface area (TPSA) is 115 Å². The maximum atomic E-state index is 8.74.